The molecule has 0 saturated heterocycles. The Morgan fingerprint density at radius 2 is 1.89 bits per heavy atom. The molecule has 0 radical (unpaired) electrons. The summed E-state index contributed by atoms with van der Waals surface area (Å²) in [5, 5.41) is 0.631. The molecule has 18 heavy (non-hydrogen) atoms. The van der Waals surface area contributed by atoms with Crippen molar-refractivity contribution < 1.29 is 4.79 Å². The van der Waals surface area contributed by atoms with E-state index in [-0.39, 0.29) is 5.78 Å². The zero-order valence-corrected chi connectivity index (χ0v) is 11.1. The minimum Gasteiger partial charge on any atom is -0.359 e. The summed E-state index contributed by atoms with van der Waals surface area (Å²) in [5.41, 5.74) is 3.82. The molecule has 0 aliphatic carbocycles. The summed E-state index contributed by atoms with van der Waals surface area (Å²) in [6, 6.07) is 8.93. The molecule has 0 spiro atoms. The summed E-state index contributed by atoms with van der Waals surface area (Å²) in [7, 11) is 0. The van der Waals surface area contributed by atoms with Crippen LogP contribution in [0, 0.1) is 13.8 Å². The molecule has 0 unspecified atom stereocenters. The number of rotatable bonds is 3. The highest BCUT2D eigenvalue weighted by atomic mass is 35.5. The average Bonchev–Trinajstić information content (AvgIpc) is 2.66. The zero-order valence-electron chi connectivity index (χ0n) is 10.3. The largest absolute Gasteiger partial charge is 0.359 e. The maximum Gasteiger partial charge on any atom is 0.185 e. The van der Waals surface area contributed by atoms with Gasteiger partial charge >= 0.3 is 0 Å². The molecule has 2 nitrogen and oxygen atoms in total. The lowest BCUT2D eigenvalue weighted by molar-refractivity contribution is 0.104. The molecule has 92 valence electrons. The number of nitrogens with one attached hydrogen (secondary N) is 1. The molecule has 1 heterocycles. The van der Waals surface area contributed by atoms with Gasteiger partial charge in [-0.2, -0.15) is 0 Å². The van der Waals surface area contributed by atoms with E-state index in [2.05, 4.69) is 4.98 Å². The normalized spacial score (nSPS) is 11.1. The van der Waals surface area contributed by atoms with Crippen LogP contribution in [0.5, 0.6) is 0 Å². The van der Waals surface area contributed by atoms with Gasteiger partial charge in [0.15, 0.2) is 5.78 Å². The van der Waals surface area contributed by atoms with E-state index >= 15 is 0 Å². The lowest BCUT2D eigenvalue weighted by Gasteiger charge is -1.96. The van der Waals surface area contributed by atoms with Gasteiger partial charge in [0.05, 0.1) is 0 Å². The van der Waals surface area contributed by atoms with Gasteiger partial charge in [-0.05, 0) is 61.9 Å². The minimum absolute atomic E-state index is 0.0293. The van der Waals surface area contributed by atoms with E-state index in [9.17, 15) is 4.79 Å². The molecule has 3 heteroatoms. The van der Waals surface area contributed by atoms with Crippen molar-refractivity contribution in [3.8, 4) is 0 Å². The fourth-order valence-electron chi connectivity index (χ4n) is 1.79. The molecule has 0 aliphatic rings. The molecule has 1 N–H and O–H groups in total. The van der Waals surface area contributed by atoms with E-state index in [0.29, 0.717) is 10.6 Å². The van der Waals surface area contributed by atoms with Gasteiger partial charge in [-0.15, -0.1) is 0 Å². The maximum atomic E-state index is 11.9. The summed E-state index contributed by atoms with van der Waals surface area (Å²) in [4.78, 5) is 15.1. The first-order chi connectivity index (χ1) is 8.56. The van der Waals surface area contributed by atoms with Crippen LogP contribution in [-0.4, -0.2) is 10.8 Å². The van der Waals surface area contributed by atoms with Crippen LogP contribution in [0.4, 0.5) is 0 Å². The van der Waals surface area contributed by atoms with Crippen molar-refractivity contribution in [2.24, 2.45) is 0 Å². The molecular weight excluding hydrogens is 246 g/mol. The molecule has 0 fully saturated rings. The van der Waals surface area contributed by atoms with Crippen LogP contribution in [0.15, 0.2) is 36.4 Å². The van der Waals surface area contributed by atoms with Crippen molar-refractivity contribution in [2.45, 2.75) is 13.8 Å². The van der Waals surface area contributed by atoms with Crippen LogP contribution in [-0.2, 0) is 0 Å². The number of halogens is 1. The Bertz CT molecular complexity index is 593. The molecule has 0 atom stereocenters. The summed E-state index contributed by atoms with van der Waals surface area (Å²) in [5.74, 6) is -0.0293. The number of benzene rings is 1. The molecule has 1 aromatic carbocycles. The Labute approximate surface area is 111 Å². The molecular formula is C15H14ClNO. The number of aryl methyl sites for hydroxylation is 2. The number of hydrogen-bond acceptors (Lipinski definition) is 1. The monoisotopic (exact) mass is 259 g/mol. The van der Waals surface area contributed by atoms with Gasteiger partial charge in [-0.25, -0.2) is 0 Å². The average molecular weight is 260 g/mol. The molecule has 2 aromatic rings. The summed E-state index contributed by atoms with van der Waals surface area (Å²) in [6.07, 6.45) is 3.38. The number of H-pyrrole nitrogens is 1. The van der Waals surface area contributed by atoms with Crippen LogP contribution in [0.25, 0.3) is 6.08 Å². The minimum atomic E-state index is -0.0293. The van der Waals surface area contributed by atoms with E-state index in [4.69, 9.17) is 11.6 Å². The van der Waals surface area contributed by atoms with Gasteiger partial charge in [-0.3, -0.25) is 4.79 Å². The molecule has 0 amide bonds. The van der Waals surface area contributed by atoms with Crippen molar-refractivity contribution in [1.29, 1.82) is 0 Å². The molecule has 0 bridgehead atoms. The zero-order chi connectivity index (χ0) is 13.1. The van der Waals surface area contributed by atoms with E-state index in [1.54, 1.807) is 36.4 Å². The Balaban J connectivity index is 2.16. The van der Waals surface area contributed by atoms with Gasteiger partial charge in [-0.1, -0.05) is 11.6 Å². The molecule has 1 aromatic heterocycles. The summed E-state index contributed by atoms with van der Waals surface area (Å²) in [6.45, 7) is 4.00. The van der Waals surface area contributed by atoms with Crippen molar-refractivity contribution >= 4 is 23.5 Å². The van der Waals surface area contributed by atoms with Crippen molar-refractivity contribution in [1.82, 2.24) is 4.98 Å². The van der Waals surface area contributed by atoms with Crippen LogP contribution < -0.4 is 0 Å². The number of carbonyl (C=O) groups is 1. The predicted octanol–water partition coefficient (Wildman–Crippen LogP) is 4.18. The number of allylic oxidation sites excluding steroid dienone is 1. The number of hydrogen-bond donors (Lipinski definition) is 1. The van der Waals surface area contributed by atoms with E-state index in [0.717, 1.165) is 17.0 Å². The second-order valence-electron chi connectivity index (χ2n) is 4.25. The van der Waals surface area contributed by atoms with Crippen molar-refractivity contribution in [3.63, 3.8) is 0 Å². The van der Waals surface area contributed by atoms with Crippen molar-refractivity contribution in [3.05, 3.63) is 63.9 Å². The summed E-state index contributed by atoms with van der Waals surface area (Å²) < 4.78 is 0. The SMILES string of the molecule is Cc1cc(C)c(C=CC(=O)c2ccc(Cl)cc2)[nH]1. The standard InChI is InChI=1S/C15H14ClNO/c1-10-9-11(2)17-14(10)7-8-15(18)12-3-5-13(16)6-4-12/h3-9,17H,1-2H3. The van der Waals surface area contributed by atoms with E-state index < -0.39 is 0 Å². The van der Waals surface area contributed by atoms with E-state index in [1.165, 1.54) is 0 Å². The quantitative estimate of drug-likeness (QED) is 0.651. The van der Waals surface area contributed by atoms with Crippen LogP contribution >= 0.6 is 11.6 Å². The lowest BCUT2D eigenvalue weighted by Crippen LogP contribution is -1.93. The Hall–Kier alpha value is -1.80. The third kappa shape index (κ3) is 2.90. The fraction of sp³-hybridized carbons (Fsp3) is 0.133. The predicted molar refractivity (Wildman–Crippen MR) is 75.1 cm³/mol. The third-order valence-corrected chi connectivity index (χ3v) is 2.97. The number of carbonyl (C=O) groups excluding carboxylic acids is 1. The van der Waals surface area contributed by atoms with Crippen LogP contribution in [0.2, 0.25) is 5.02 Å². The lowest BCUT2D eigenvalue weighted by atomic mass is 10.1. The second-order valence-corrected chi connectivity index (χ2v) is 4.69. The van der Waals surface area contributed by atoms with Crippen molar-refractivity contribution in [2.75, 3.05) is 0 Å². The van der Waals surface area contributed by atoms with Gasteiger partial charge in [0.1, 0.15) is 0 Å². The molecule has 0 saturated carbocycles. The Kier molecular flexibility index (Phi) is 3.68. The first-order valence-electron chi connectivity index (χ1n) is 5.70. The smallest absolute Gasteiger partial charge is 0.185 e. The first-order valence-corrected chi connectivity index (χ1v) is 6.08. The highest BCUT2D eigenvalue weighted by Crippen LogP contribution is 2.13. The van der Waals surface area contributed by atoms with Crippen LogP contribution in [0.1, 0.15) is 27.3 Å². The maximum absolute atomic E-state index is 11.9. The second kappa shape index (κ2) is 5.23. The van der Waals surface area contributed by atoms with Gasteiger partial charge < -0.3 is 4.98 Å². The summed E-state index contributed by atoms with van der Waals surface area (Å²) >= 11 is 5.78. The topological polar surface area (TPSA) is 32.9 Å². The van der Waals surface area contributed by atoms with Gasteiger partial charge in [0, 0.05) is 22.0 Å². The number of ketones is 1. The highest BCUT2D eigenvalue weighted by molar-refractivity contribution is 6.30. The number of aromatic amines is 1. The first kappa shape index (κ1) is 12.7. The van der Waals surface area contributed by atoms with E-state index in [1.807, 2.05) is 19.9 Å². The fourth-order valence-corrected chi connectivity index (χ4v) is 1.92. The number of aromatic nitrogens is 1. The Morgan fingerprint density at radius 3 is 2.44 bits per heavy atom. The Morgan fingerprint density at radius 1 is 1.22 bits per heavy atom. The molecule has 0 aliphatic heterocycles. The third-order valence-electron chi connectivity index (χ3n) is 2.72. The van der Waals surface area contributed by atoms with Crippen LogP contribution in [0.3, 0.4) is 0 Å². The van der Waals surface area contributed by atoms with Gasteiger partial charge in [0.2, 0.25) is 0 Å². The molecule has 2 rings (SSSR count). The highest BCUT2D eigenvalue weighted by Gasteiger charge is 2.02. The van der Waals surface area contributed by atoms with Gasteiger partial charge in [0.25, 0.3) is 0 Å².